The molecule has 2 rings (SSSR count). The van der Waals surface area contributed by atoms with E-state index in [-0.39, 0.29) is 11.3 Å². The minimum absolute atomic E-state index is 0.140. The maximum absolute atomic E-state index is 11.5. The van der Waals surface area contributed by atoms with Gasteiger partial charge in [-0.15, -0.1) is 0 Å². The Hall–Kier alpha value is -2.60. The largest absolute Gasteiger partial charge is 0.478 e. The van der Waals surface area contributed by atoms with Crippen LogP contribution in [0.25, 0.3) is 10.8 Å². The van der Waals surface area contributed by atoms with Gasteiger partial charge in [-0.25, -0.2) is 9.59 Å². The lowest BCUT2D eigenvalue weighted by molar-refractivity contribution is -0.274. The van der Waals surface area contributed by atoms with Gasteiger partial charge in [0.2, 0.25) is 0 Å². The molecule has 0 bridgehead atoms. The molecule has 0 saturated heterocycles. The fraction of sp³-hybridized carbons (Fsp3) is 0.250. The smallest absolute Gasteiger partial charge is 0.340 e. The predicted molar refractivity (Wildman–Crippen MR) is 79.3 cm³/mol. The summed E-state index contributed by atoms with van der Waals surface area (Å²) in [6.45, 7) is 5.19. The molecular formula is C16H16O6. The number of carboxylic acid groups (broad SMARTS) is 2. The molecule has 2 aromatic carbocycles. The van der Waals surface area contributed by atoms with Crippen molar-refractivity contribution >= 4 is 22.7 Å². The van der Waals surface area contributed by atoms with Crippen LogP contribution in [0.15, 0.2) is 30.3 Å². The first-order chi connectivity index (χ1) is 10.2. The maximum Gasteiger partial charge on any atom is 0.340 e. The Morgan fingerprint density at radius 3 is 2.14 bits per heavy atom. The van der Waals surface area contributed by atoms with Crippen LogP contribution in [0.3, 0.4) is 0 Å². The number of benzene rings is 2. The molecule has 0 fully saturated rings. The second kappa shape index (κ2) is 5.65. The summed E-state index contributed by atoms with van der Waals surface area (Å²) in [5, 5.41) is 19.7. The number of hydrogen-bond acceptors (Lipinski definition) is 4. The van der Waals surface area contributed by atoms with Gasteiger partial charge in [-0.2, -0.15) is 4.89 Å². The molecular weight excluding hydrogens is 288 g/mol. The fourth-order valence-electron chi connectivity index (χ4n) is 1.99. The quantitative estimate of drug-likeness (QED) is 0.664. The van der Waals surface area contributed by atoms with Crippen molar-refractivity contribution in [2.24, 2.45) is 0 Å². The third-order valence-electron chi connectivity index (χ3n) is 2.82. The van der Waals surface area contributed by atoms with Crippen molar-refractivity contribution < 1.29 is 29.6 Å². The van der Waals surface area contributed by atoms with E-state index < -0.39 is 23.1 Å². The summed E-state index contributed by atoms with van der Waals surface area (Å²) in [7, 11) is 0. The highest BCUT2D eigenvalue weighted by molar-refractivity contribution is 6.13. The first-order valence-electron chi connectivity index (χ1n) is 6.59. The molecule has 0 aliphatic rings. The highest BCUT2D eigenvalue weighted by Gasteiger charge is 2.26. The van der Waals surface area contributed by atoms with Crippen LogP contribution in [0.2, 0.25) is 0 Å². The standard InChI is InChI=1S/C16H16O6/c1-16(2,3)22-21-11-8-9-6-4-5-7-10(9)12(14(17)18)13(11)15(19)20/h4-8H,1-3H3,(H,17,18)(H,19,20). The van der Waals surface area contributed by atoms with Crippen LogP contribution in [0.1, 0.15) is 41.5 Å². The fourth-order valence-corrected chi connectivity index (χ4v) is 1.99. The zero-order valence-corrected chi connectivity index (χ0v) is 12.4. The lowest BCUT2D eigenvalue weighted by atomic mass is 9.98. The minimum atomic E-state index is -1.39. The summed E-state index contributed by atoms with van der Waals surface area (Å²) in [5.41, 5.74) is -1.43. The lowest BCUT2D eigenvalue weighted by Gasteiger charge is -2.19. The lowest BCUT2D eigenvalue weighted by Crippen LogP contribution is -2.22. The zero-order chi connectivity index (χ0) is 16.5. The normalized spacial score (nSPS) is 11.4. The highest BCUT2D eigenvalue weighted by Crippen LogP contribution is 2.32. The van der Waals surface area contributed by atoms with Crippen molar-refractivity contribution in [3.8, 4) is 5.75 Å². The van der Waals surface area contributed by atoms with Gasteiger partial charge >= 0.3 is 11.9 Å². The number of aromatic carboxylic acids is 2. The number of hydrogen-bond donors (Lipinski definition) is 2. The van der Waals surface area contributed by atoms with E-state index in [2.05, 4.69) is 0 Å². The van der Waals surface area contributed by atoms with Gasteiger partial charge in [0.05, 0.1) is 5.56 Å². The summed E-state index contributed by atoms with van der Waals surface area (Å²) in [4.78, 5) is 33.3. The number of carbonyl (C=O) groups is 2. The molecule has 22 heavy (non-hydrogen) atoms. The van der Waals surface area contributed by atoms with Crippen molar-refractivity contribution in [2.45, 2.75) is 26.4 Å². The molecule has 2 N–H and O–H groups in total. The van der Waals surface area contributed by atoms with Crippen LogP contribution in [-0.4, -0.2) is 27.8 Å². The van der Waals surface area contributed by atoms with E-state index in [0.717, 1.165) is 0 Å². The molecule has 0 atom stereocenters. The van der Waals surface area contributed by atoms with Crippen molar-refractivity contribution in [3.63, 3.8) is 0 Å². The van der Waals surface area contributed by atoms with Gasteiger partial charge in [-0.1, -0.05) is 24.3 Å². The maximum atomic E-state index is 11.5. The van der Waals surface area contributed by atoms with Gasteiger partial charge in [0, 0.05) is 0 Å². The Morgan fingerprint density at radius 2 is 1.59 bits per heavy atom. The first kappa shape index (κ1) is 15.8. The molecule has 0 aromatic heterocycles. The summed E-state index contributed by atoms with van der Waals surface area (Å²) < 4.78 is 0. The Kier molecular flexibility index (Phi) is 4.05. The van der Waals surface area contributed by atoms with Crippen LogP contribution in [0, 0.1) is 0 Å². The van der Waals surface area contributed by atoms with Gasteiger partial charge in [-0.05, 0) is 37.6 Å². The van der Waals surface area contributed by atoms with Crippen LogP contribution in [0.4, 0.5) is 0 Å². The molecule has 0 amide bonds. The molecule has 116 valence electrons. The molecule has 0 aliphatic heterocycles. The third kappa shape index (κ3) is 3.17. The van der Waals surface area contributed by atoms with E-state index in [1.54, 1.807) is 45.0 Å². The number of carboxylic acids is 2. The summed E-state index contributed by atoms with van der Waals surface area (Å²) in [5.74, 6) is -2.87. The Bertz CT molecular complexity index is 742. The Balaban J connectivity index is 2.71. The Labute approximate surface area is 126 Å². The van der Waals surface area contributed by atoms with E-state index in [1.165, 1.54) is 6.07 Å². The van der Waals surface area contributed by atoms with Crippen molar-refractivity contribution in [2.75, 3.05) is 0 Å². The third-order valence-corrected chi connectivity index (χ3v) is 2.82. The molecule has 0 radical (unpaired) electrons. The van der Waals surface area contributed by atoms with Crippen molar-refractivity contribution in [1.29, 1.82) is 0 Å². The van der Waals surface area contributed by atoms with Crippen LogP contribution < -0.4 is 4.89 Å². The van der Waals surface area contributed by atoms with Crippen LogP contribution >= 0.6 is 0 Å². The molecule has 2 aromatic rings. The molecule has 6 nitrogen and oxygen atoms in total. The molecule has 0 spiro atoms. The van der Waals surface area contributed by atoms with Gasteiger partial charge in [0.25, 0.3) is 0 Å². The SMILES string of the molecule is CC(C)(C)OOc1cc2ccccc2c(C(=O)O)c1C(=O)O. The van der Waals surface area contributed by atoms with Crippen LogP contribution in [0.5, 0.6) is 5.75 Å². The van der Waals surface area contributed by atoms with Gasteiger partial charge in [0.15, 0.2) is 5.75 Å². The topological polar surface area (TPSA) is 93.1 Å². The zero-order valence-electron chi connectivity index (χ0n) is 12.4. The summed E-state index contributed by atoms with van der Waals surface area (Å²) in [6, 6.07) is 8.06. The van der Waals surface area contributed by atoms with Gasteiger partial charge in [-0.3, -0.25) is 0 Å². The second-order valence-corrected chi connectivity index (χ2v) is 5.74. The van der Waals surface area contributed by atoms with E-state index >= 15 is 0 Å². The Morgan fingerprint density at radius 1 is 1.00 bits per heavy atom. The predicted octanol–water partition coefficient (Wildman–Crippen LogP) is 3.35. The second-order valence-electron chi connectivity index (χ2n) is 5.74. The van der Waals surface area contributed by atoms with E-state index in [1.807, 2.05) is 0 Å². The molecule has 0 saturated carbocycles. The number of rotatable bonds is 4. The van der Waals surface area contributed by atoms with Gasteiger partial charge < -0.3 is 15.1 Å². The molecule has 6 heteroatoms. The van der Waals surface area contributed by atoms with E-state index in [0.29, 0.717) is 10.8 Å². The summed E-state index contributed by atoms with van der Waals surface area (Å²) >= 11 is 0. The van der Waals surface area contributed by atoms with E-state index in [4.69, 9.17) is 9.78 Å². The molecule has 0 heterocycles. The van der Waals surface area contributed by atoms with Crippen LogP contribution in [-0.2, 0) is 4.89 Å². The molecule has 0 unspecified atom stereocenters. The van der Waals surface area contributed by atoms with Crippen molar-refractivity contribution in [1.82, 2.24) is 0 Å². The monoisotopic (exact) mass is 304 g/mol. The average Bonchev–Trinajstić information content (AvgIpc) is 2.42. The summed E-state index contributed by atoms with van der Waals surface area (Å²) in [6.07, 6.45) is 0. The average molecular weight is 304 g/mol. The van der Waals surface area contributed by atoms with E-state index in [9.17, 15) is 19.8 Å². The highest BCUT2D eigenvalue weighted by atomic mass is 17.2. The number of fused-ring (bicyclic) bond motifs is 1. The first-order valence-corrected chi connectivity index (χ1v) is 6.59. The van der Waals surface area contributed by atoms with Gasteiger partial charge in [0.1, 0.15) is 11.2 Å². The molecule has 0 aliphatic carbocycles. The minimum Gasteiger partial charge on any atom is -0.478 e. The van der Waals surface area contributed by atoms with Crippen molar-refractivity contribution in [3.05, 3.63) is 41.5 Å².